The zero-order valence-electron chi connectivity index (χ0n) is 11.6. The number of nitrogens with one attached hydrogen (secondary N) is 1. The number of nitrogens with zero attached hydrogens (tertiary/aromatic N) is 1. The molecule has 7 heteroatoms. The maximum Gasteiger partial charge on any atom is 0.303 e. The second-order valence-corrected chi connectivity index (χ2v) is 6.25. The van der Waals surface area contributed by atoms with E-state index in [0.29, 0.717) is 18.0 Å². The van der Waals surface area contributed by atoms with Gasteiger partial charge in [0.2, 0.25) is 0 Å². The highest BCUT2D eigenvalue weighted by Crippen LogP contribution is 2.22. The van der Waals surface area contributed by atoms with Crippen molar-refractivity contribution in [2.24, 2.45) is 0 Å². The fraction of sp³-hybridized carbons (Fsp3) is 0.357. The molecular formula is C14H16N2O3S2. The minimum absolute atomic E-state index is 0.131. The van der Waals surface area contributed by atoms with Crippen LogP contribution in [-0.4, -0.2) is 22.0 Å². The molecule has 2 aromatic rings. The predicted octanol–water partition coefficient (Wildman–Crippen LogP) is 3.43. The summed E-state index contributed by atoms with van der Waals surface area (Å²) in [6.07, 6.45) is 2.12. The number of aromatic nitrogens is 1. The summed E-state index contributed by atoms with van der Waals surface area (Å²) in [4.78, 5) is 27.6. The molecule has 0 aliphatic rings. The monoisotopic (exact) mass is 324 g/mol. The lowest BCUT2D eigenvalue weighted by Gasteiger charge is -2.01. The predicted molar refractivity (Wildman–Crippen MR) is 84.3 cm³/mol. The van der Waals surface area contributed by atoms with Crippen LogP contribution < -0.4 is 5.32 Å². The summed E-state index contributed by atoms with van der Waals surface area (Å²) >= 11 is 2.79. The Morgan fingerprint density at radius 2 is 2.19 bits per heavy atom. The van der Waals surface area contributed by atoms with Gasteiger partial charge in [-0.25, -0.2) is 4.98 Å². The Bertz CT molecular complexity index is 634. The van der Waals surface area contributed by atoms with E-state index in [1.165, 1.54) is 22.7 Å². The second-order valence-electron chi connectivity index (χ2n) is 4.47. The Labute approximate surface area is 130 Å². The van der Waals surface area contributed by atoms with Crippen molar-refractivity contribution in [2.45, 2.75) is 32.6 Å². The molecule has 0 aliphatic heterocycles. The number of thiazole rings is 1. The van der Waals surface area contributed by atoms with Crippen molar-refractivity contribution < 1.29 is 14.7 Å². The highest BCUT2D eigenvalue weighted by atomic mass is 32.1. The number of carbonyl (C=O) groups is 2. The molecule has 0 saturated heterocycles. The standard InChI is InChI=1S/C14H16N2O3S2/c1-2-9-6-7-20-12(9)13(19)16-14-15-10(8-21-14)4-3-5-11(17)18/h6-8H,2-5H2,1H3,(H,17,18)(H,15,16,19). The minimum atomic E-state index is -0.802. The Morgan fingerprint density at radius 1 is 1.38 bits per heavy atom. The number of carboxylic acid groups (broad SMARTS) is 1. The van der Waals surface area contributed by atoms with Gasteiger partial charge in [0.15, 0.2) is 5.13 Å². The first-order valence-corrected chi connectivity index (χ1v) is 8.40. The lowest BCUT2D eigenvalue weighted by Crippen LogP contribution is -2.11. The summed E-state index contributed by atoms with van der Waals surface area (Å²) < 4.78 is 0. The molecule has 0 unspecified atom stereocenters. The molecule has 0 bridgehead atoms. The Balaban J connectivity index is 1.93. The number of amides is 1. The van der Waals surface area contributed by atoms with E-state index < -0.39 is 5.97 Å². The van der Waals surface area contributed by atoms with Crippen LogP contribution in [0.1, 0.15) is 40.7 Å². The van der Waals surface area contributed by atoms with Gasteiger partial charge in [0, 0.05) is 11.8 Å². The number of carboxylic acids is 1. The Hall–Kier alpha value is -1.73. The normalized spacial score (nSPS) is 10.5. The van der Waals surface area contributed by atoms with Crippen molar-refractivity contribution in [3.63, 3.8) is 0 Å². The van der Waals surface area contributed by atoms with Crippen molar-refractivity contribution in [2.75, 3.05) is 5.32 Å². The van der Waals surface area contributed by atoms with Gasteiger partial charge in [0.05, 0.1) is 10.6 Å². The number of thiophene rings is 1. The van der Waals surface area contributed by atoms with E-state index in [0.717, 1.165) is 22.6 Å². The summed E-state index contributed by atoms with van der Waals surface area (Å²) in [5.74, 6) is -0.933. The number of hydrogen-bond acceptors (Lipinski definition) is 5. The molecule has 2 aromatic heterocycles. The Kier molecular flexibility index (Phi) is 5.46. The lowest BCUT2D eigenvalue weighted by atomic mass is 10.2. The topological polar surface area (TPSA) is 79.3 Å². The molecular weight excluding hydrogens is 308 g/mol. The van der Waals surface area contributed by atoms with Crippen LogP contribution in [0.4, 0.5) is 5.13 Å². The minimum Gasteiger partial charge on any atom is -0.481 e. The van der Waals surface area contributed by atoms with E-state index in [1.807, 2.05) is 23.8 Å². The SMILES string of the molecule is CCc1ccsc1C(=O)Nc1nc(CCCC(=O)O)cs1. The number of aryl methyl sites for hydroxylation is 2. The van der Waals surface area contributed by atoms with Gasteiger partial charge in [0.1, 0.15) is 0 Å². The van der Waals surface area contributed by atoms with Gasteiger partial charge >= 0.3 is 5.97 Å². The molecule has 2 N–H and O–H groups in total. The van der Waals surface area contributed by atoms with Gasteiger partial charge in [0.25, 0.3) is 5.91 Å². The number of carbonyl (C=O) groups excluding carboxylic acids is 1. The van der Waals surface area contributed by atoms with Crippen LogP contribution >= 0.6 is 22.7 Å². The molecule has 1 amide bonds. The quantitative estimate of drug-likeness (QED) is 0.818. The molecule has 0 aliphatic carbocycles. The molecule has 2 rings (SSSR count). The number of anilines is 1. The van der Waals surface area contributed by atoms with Crippen LogP contribution in [0.5, 0.6) is 0 Å². The molecule has 21 heavy (non-hydrogen) atoms. The first-order chi connectivity index (χ1) is 10.1. The van der Waals surface area contributed by atoms with Crippen LogP contribution in [0.15, 0.2) is 16.8 Å². The van der Waals surface area contributed by atoms with Crippen LogP contribution in [0.2, 0.25) is 0 Å². The fourth-order valence-electron chi connectivity index (χ4n) is 1.87. The maximum absolute atomic E-state index is 12.2. The fourth-order valence-corrected chi connectivity index (χ4v) is 3.50. The highest BCUT2D eigenvalue weighted by Gasteiger charge is 2.14. The number of hydrogen-bond donors (Lipinski definition) is 2. The van der Waals surface area contributed by atoms with E-state index in [4.69, 9.17) is 5.11 Å². The van der Waals surface area contributed by atoms with E-state index in [9.17, 15) is 9.59 Å². The van der Waals surface area contributed by atoms with Crippen LogP contribution in [0.25, 0.3) is 0 Å². The van der Waals surface area contributed by atoms with Crippen molar-refractivity contribution >= 4 is 39.7 Å². The van der Waals surface area contributed by atoms with Crippen molar-refractivity contribution in [1.82, 2.24) is 4.98 Å². The van der Waals surface area contributed by atoms with E-state index in [2.05, 4.69) is 10.3 Å². The zero-order chi connectivity index (χ0) is 15.2. The molecule has 0 spiro atoms. The second kappa shape index (κ2) is 7.33. The lowest BCUT2D eigenvalue weighted by molar-refractivity contribution is -0.137. The number of aliphatic carboxylic acids is 1. The van der Waals surface area contributed by atoms with Crippen LogP contribution in [0, 0.1) is 0 Å². The molecule has 0 saturated carbocycles. The van der Waals surface area contributed by atoms with Crippen molar-refractivity contribution in [3.8, 4) is 0 Å². The van der Waals surface area contributed by atoms with Gasteiger partial charge in [-0.05, 0) is 36.3 Å². The molecule has 0 atom stereocenters. The summed E-state index contributed by atoms with van der Waals surface area (Å²) in [5.41, 5.74) is 1.86. The summed E-state index contributed by atoms with van der Waals surface area (Å²) in [6, 6.07) is 1.96. The van der Waals surface area contributed by atoms with E-state index >= 15 is 0 Å². The average molecular weight is 324 g/mol. The van der Waals surface area contributed by atoms with Crippen molar-refractivity contribution in [3.05, 3.63) is 33.0 Å². The zero-order valence-corrected chi connectivity index (χ0v) is 13.2. The van der Waals surface area contributed by atoms with Gasteiger partial charge < -0.3 is 5.11 Å². The van der Waals surface area contributed by atoms with Gasteiger partial charge in [-0.3, -0.25) is 14.9 Å². The van der Waals surface area contributed by atoms with Crippen LogP contribution in [-0.2, 0) is 17.6 Å². The first kappa shape index (κ1) is 15.7. The first-order valence-electron chi connectivity index (χ1n) is 6.64. The van der Waals surface area contributed by atoms with Crippen molar-refractivity contribution in [1.29, 1.82) is 0 Å². The third-order valence-corrected chi connectivity index (χ3v) is 4.69. The molecule has 0 fully saturated rings. The van der Waals surface area contributed by atoms with E-state index in [-0.39, 0.29) is 12.3 Å². The number of rotatable bonds is 7. The van der Waals surface area contributed by atoms with Crippen LogP contribution in [0.3, 0.4) is 0 Å². The van der Waals surface area contributed by atoms with E-state index in [1.54, 1.807) is 0 Å². The summed E-state index contributed by atoms with van der Waals surface area (Å²) in [5, 5.41) is 15.7. The average Bonchev–Trinajstić information content (AvgIpc) is 3.07. The molecule has 112 valence electrons. The molecule has 2 heterocycles. The third-order valence-electron chi connectivity index (χ3n) is 2.93. The van der Waals surface area contributed by atoms with Gasteiger partial charge in [-0.2, -0.15) is 0 Å². The van der Waals surface area contributed by atoms with Gasteiger partial charge in [-0.15, -0.1) is 22.7 Å². The molecule has 0 aromatic carbocycles. The Morgan fingerprint density at radius 3 is 2.90 bits per heavy atom. The molecule has 5 nitrogen and oxygen atoms in total. The summed E-state index contributed by atoms with van der Waals surface area (Å²) in [7, 11) is 0. The largest absolute Gasteiger partial charge is 0.481 e. The third kappa shape index (κ3) is 4.37. The van der Waals surface area contributed by atoms with Gasteiger partial charge in [-0.1, -0.05) is 6.92 Å². The maximum atomic E-state index is 12.2. The smallest absolute Gasteiger partial charge is 0.303 e. The summed E-state index contributed by atoms with van der Waals surface area (Å²) in [6.45, 7) is 2.02. The highest BCUT2D eigenvalue weighted by molar-refractivity contribution is 7.14. The molecule has 0 radical (unpaired) electrons.